The van der Waals surface area contributed by atoms with Crippen molar-refractivity contribution in [2.75, 3.05) is 36.7 Å². The van der Waals surface area contributed by atoms with Gasteiger partial charge in [-0.1, -0.05) is 0 Å². The van der Waals surface area contributed by atoms with Gasteiger partial charge in [0.1, 0.15) is 10.8 Å². The third-order valence-corrected chi connectivity index (χ3v) is 6.50. The number of amides is 1. The highest BCUT2D eigenvalue weighted by atomic mass is 32.2. The number of pyridine rings is 2. The quantitative estimate of drug-likeness (QED) is 0.551. The number of anilines is 2. The molecule has 1 aliphatic heterocycles. The summed E-state index contributed by atoms with van der Waals surface area (Å²) in [7, 11) is -2.20. The largest absolute Gasteiger partial charge is 0.494 e. The summed E-state index contributed by atoms with van der Waals surface area (Å²) in [5.41, 5.74) is -1.73. The molecule has 3 heterocycles. The number of rotatable bonds is 5. The second-order valence-corrected chi connectivity index (χ2v) is 10.3. The topological polar surface area (TPSA) is 108 Å². The number of hydrogen-bond donors (Lipinski definition) is 2. The third-order valence-electron chi connectivity index (χ3n) is 5.48. The van der Waals surface area contributed by atoms with Crippen molar-refractivity contribution in [3.63, 3.8) is 0 Å². The minimum atomic E-state index is -4.93. The highest BCUT2D eigenvalue weighted by Crippen LogP contribution is 2.41. The first-order valence-corrected chi connectivity index (χ1v) is 12.4. The number of hydrogen-bond acceptors (Lipinski definition) is 7. The number of nitrogens with one attached hydrogen (secondary N) is 2. The molecule has 3 rings (SSSR count). The number of carbonyl (C=O) groups excluding carboxylic acids is 1. The lowest BCUT2D eigenvalue weighted by Crippen LogP contribution is -2.31. The van der Waals surface area contributed by atoms with E-state index in [0.717, 1.165) is 13.4 Å². The summed E-state index contributed by atoms with van der Waals surface area (Å²) < 4.78 is 93.8. The van der Waals surface area contributed by atoms with Crippen molar-refractivity contribution < 1.29 is 35.7 Å². The van der Waals surface area contributed by atoms with Crippen LogP contribution in [0.3, 0.4) is 0 Å². The van der Waals surface area contributed by atoms with Crippen LogP contribution >= 0.6 is 0 Å². The summed E-state index contributed by atoms with van der Waals surface area (Å²) in [4.78, 5) is 22.1. The highest BCUT2D eigenvalue weighted by Gasteiger charge is 2.41. The van der Waals surface area contributed by atoms with E-state index < -0.39 is 52.0 Å². The van der Waals surface area contributed by atoms with E-state index >= 15 is 0 Å². The van der Waals surface area contributed by atoms with Crippen LogP contribution in [0.15, 0.2) is 23.4 Å². The van der Waals surface area contributed by atoms with Gasteiger partial charge in [0, 0.05) is 49.6 Å². The van der Waals surface area contributed by atoms with Crippen LogP contribution in [0.5, 0.6) is 5.75 Å². The lowest BCUT2D eigenvalue weighted by molar-refractivity contribution is -0.142. The minimum absolute atomic E-state index is 0.00968. The van der Waals surface area contributed by atoms with Crippen molar-refractivity contribution in [3.05, 3.63) is 35.2 Å². The molecule has 1 aliphatic rings. The first-order valence-electron chi connectivity index (χ1n) is 10.4. The first kappa shape index (κ1) is 26.6. The fraction of sp³-hybridized carbons (Fsp3) is 0.476. The lowest BCUT2D eigenvalue weighted by atomic mass is 10.0. The van der Waals surface area contributed by atoms with Gasteiger partial charge in [0.05, 0.1) is 22.4 Å². The van der Waals surface area contributed by atoms with Crippen molar-refractivity contribution in [1.29, 1.82) is 4.78 Å². The zero-order valence-corrected chi connectivity index (χ0v) is 19.9. The van der Waals surface area contributed by atoms with E-state index in [9.17, 15) is 31.0 Å². The van der Waals surface area contributed by atoms with Crippen LogP contribution in [-0.2, 0) is 15.9 Å². The number of carbonyl (C=O) groups is 1. The van der Waals surface area contributed by atoms with Crippen LogP contribution in [0.1, 0.15) is 40.9 Å². The molecule has 1 unspecified atom stereocenters. The second-order valence-electron chi connectivity index (χ2n) is 8.19. The Morgan fingerprint density at radius 3 is 2.57 bits per heavy atom. The van der Waals surface area contributed by atoms with Crippen molar-refractivity contribution >= 4 is 27.1 Å². The molecule has 0 aliphatic carbocycles. The molecule has 2 aromatic heterocycles. The molecule has 1 fully saturated rings. The van der Waals surface area contributed by atoms with Gasteiger partial charge in [0.2, 0.25) is 5.92 Å². The fourth-order valence-electron chi connectivity index (χ4n) is 3.78. The van der Waals surface area contributed by atoms with E-state index in [4.69, 9.17) is 9.52 Å². The van der Waals surface area contributed by atoms with Gasteiger partial charge in [-0.3, -0.25) is 4.79 Å². The molecule has 0 radical (unpaired) electrons. The van der Waals surface area contributed by atoms with Crippen molar-refractivity contribution in [2.45, 2.75) is 43.3 Å². The zero-order valence-electron chi connectivity index (χ0n) is 19.1. The summed E-state index contributed by atoms with van der Waals surface area (Å²) >= 11 is 0. The van der Waals surface area contributed by atoms with E-state index in [2.05, 4.69) is 15.3 Å². The molecule has 192 valence electrons. The Bertz CT molecular complexity index is 1230. The number of alkyl halides is 5. The summed E-state index contributed by atoms with van der Waals surface area (Å²) in [5.74, 6) is -4.91. The van der Waals surface area contributed by atoms with Crippen LogP contribution in [0.2, 0.25) is 0 Å². The Labute approximate surface area is 198 Å². The molecule has 35 heavy (non-hydrogen) atoms. The van der Waals surface area contributed by atoms with Gasteiger partial charge in [0.25, 0.3) is 5.91 Å². The van der Waals surface area contributed by atoms with Crippen LogP contribution < -0.4 is 15.0 Å². The molecule has 0 saturated carbocycles. The van der Waals surface area contributed by atoms with E-state index in [0.29, 0.717) is 0 Å². The molecule has 1 amide bonds. The minimum Gasteiger partial charge on any atom is -0.494 e. The zero-order chi connectivity index (χ0) is 26.2. The molecule has 14 heteroatoms. The molecule has 0 bridgehead atoms. The van der Waals surface area contributed by atoms with Crippen LogP contribution in [0.25, 0.3) is 0 Å². The van der Waals surface area contributed by atoms with E-state index in [-0.39, 0.29) is 47.2 Å². The van der Waals surface area contributed by atoms with Gasteiger partial charge in [-0.05, 0) is 25.5 Å². The average molecular weight is 522 g/mol. The van der Waals surface area contributed by atoms with Gasteiger partial charge in [-0.2, -0.15) is 13.2 Å². The number of halogens is 5. The molecule has 2 aromatic rings. The standard InChI is InChI=1S/C21H24F5N5O3S/c1-12-15(19(32)29-13-5-8-28-14(11-13)35(3,27)33)18(30-17(16(12)34-2)21(24,25)26)31-9-4-6-20(22,23)7-10-31/h5,8,11,27H,4,6-7,9-10H2,1-3H3,(H,28,29,32). The summed E-state index contributed by atoms with van der Waals surface area (Å²) in [5, 5.41) is 2.39. The fourth-order valence-corrected chi connectivity index (χ4v) is 4.40. The Kier molecular flexibility index (Phi) is 7.25. The van der Waals surface area contributed by atoms with Gasteiger partial charge in [-0.15, -0.1) is 0 Å². The van der Waals surface area contributed by atoms with Crippen LogP contribution in [0, 0.1) is 11.7 Å². The molecular weight excluding hydrogens is 497 g/mol. The maximum atomic E-state index is 13.9. The summed E-state index contributed by atoms with van der Waals surface area (Å²) in [6, 6.07) is 2.56. The number of nitrogens with zero attached hydrogens (tertiary/aromatic N) is 3. The van der Waals surface area contributed by atoms with Crippen molar-refractivity contribution in [1.82, 2.24) is 9.97 Å². The number of aromatic nitrogens is 2. The molecule has 2 N–H and O–H groups in total. The van der Waals surface area contributed by atoms with Gasteiger partial charge >= 0.3 is 6.18 Å². The smallest absolute Gasteiger partial charge is 0.437 e. The molecule has 1 saturated heterocycles. The predicted molar refractivity (Wildman–Crippen MR) is 119 cm³/mol. The van der Waals surface area contributed by atoms with E-state index in [1.54, 1.807) is 0 Å². The highest BCUT2D eigenvalue weighted by molar-refractivity contribution is 7.91. The Morgan fingerprint density at radius 2 is 1.97 bits per heavy atom. The summed E-state index contributed by atoms with van der Waals surface area (Å²) in [6.07, 6.45) is -3.61. The maximum absolute atomic E-state index is 13.9. The lowest BCUT2D eigenvalue weighted by Gasteiger charge is -2.27. The molecule has 0 aromatic carbocycles. The second kappa shape index (κ2) is 9.55. The van der Waals surface area contributed by atoms with Crippen LogP contribution in [-0.4, -0.2) is 52.5 Å². The monoisotopic (exact) mass is 521 g/mol. The SMILES string of the molecule is COc1c(C(F)(F)F)nc(N2CCCC(F)(F)CC2)c(C(=O)Nc2ccnc(S(C)(=N)=O)c2)c1C. The first-order chi connectivity index (χ1) is 16.1. The Hall–Kier alpha value is -3.03. The Balaban J connectivity index is 2.14. The van der Waals surface area contributed by atoms with Gasteiger partial charge < -0.3 is 15.0 Å². The average Bonchev–Trinajstić information content (AvgIpc) is 2.92. The molecular formula is C21H24F5N5O3S. The van der Waals surface area contributed by atoms with Crippen LogP contribution in [0.4, 0.5) is 33.5 Å². The van der Waals surface area contributed by atoms with E-state index in [1.165, 1.54) is 30.2 Å². The van der Waals surface area contributed by atoms with Gasteiger partial charge in [-0.25, -0.2) is 27.7 Å². The number of methoxy groups -OCH3 is 1. The third kappa shape index (κ3) is 5.97. The Morgan fingerprint density at radius 1 is 1.29 bits per heavy atom. The predicted octanol–water partition coefficient (Wildman–Crippen LogP) is 4.73. The van der Waals surface area contributed by atoms with Gasteiger partial charge in [0.15, 0.2) is 11.4 Å². The maximum Gasteiger partial charge on any atom is 0.437 e. The van der Waals surface area contributed by atoms with E-state index in [1.807, 2.05) is 0 Å². The molecule has 8 nitrogen and oxygen atoms in total. The normalized spacial score (nSPS) is 17.9. The molecule has 0 spiro atoms. The summed E-state index contributed by atoms with van der Waals surface area (Å²) in [6.45, 7) is 0.919. The van der Waals surface area contributed by atoms with Crippen molar-refractivity contribution in [2.24, 2.45) is 0 Å². The van der Waals surface area contributed by atoms with Crippen molar-refractivity contribution in [3.8, 4) is 5.75 Å². The molecule has 1 atom stereocenters. The number of ether oxygens (including phenoxy) is 1.